The number of aliphatic hydroxyl groups excluding tert-OH is 2. The Morgan fingerprint density at radius 1 is 0.264 bits per heavy atom. The maximum Gasteiger partial charge on any atom is 0.305 e. The summed E-state index contributed by atoms with van der Waals surface area (Å²) in [5, 5.41) is 23.5. The highest BCUT2D eigenvalue weighted by Gasteiger charge is 2.20. The van der Waals surface area contributed by atoms with Gasteiger partial charge in [0.1, 0.15) is 0 Å². The first-order valence-electron chi connectivity index (χ1n) is 42.8. The van der Waals surface area contributed by atoms with Gasteiger partial charge in [0.15, 0.2) is 0 Å². The molecule has 0 saturated heterocycles. The Bertz CT molecular complexity index is 1340. The fraction of sp³-hybridized carbons (Fsp3) is 0.976. The molecule has 0 aliphatic carbocycles. The van der Waals surface area contributed by atoms with Crippen molar-refractivity contribution in [3.8, 4) is 0 Å². The molecule has 2 unspecified atom stereocenters. The fourth-order valence-electron chi connectivity index (χ4n) is 14.2. The summed E-state index contributed by atoms with van der Waals surface area (Å²) < 4.78 is 5.51. The highest BCUT2D eigenvalue weighted by Crippen LogP contribution is 2.21. The SMILES string of the molecule is CCCCCCCCCCCCCCCCCCCCCCCCCCCC(O)C(CO)NC(=O)CCCCCCCCCCCCCCCCCCCCCCCCCCCCCCCCCCCCCOC(=O)CCCCCCCCCCCCCCCC. The van der Waals surface area contributed by atoms with Crippen LogP contribution >= 0.6 is 0 Å². The number of hydrogen-bond acceptors (Lipinski definition) is 5. The van der Waals surface area contributed by atoms with Gasteiger partial charge in [-0.15, -0.1) is 0 Å². The zero-order valence-corrected chi connectivity index (χ0v) is 62.6. The zero-order chi connectivity index (χ0) is 65.6. The first-order chi connectivity index (χ1) is 45.0. The molecule has 0 saturated carbocycles. The second-order valence-corrected chi connectivity index (χ2v) is 29.9. The van der Waals surface area contributed by atoms with Crippen molar-refractivity contribution < 1.29 is 24.5 Å². The van der Waals surface area contributed by atoms with Gasteiger partial charge in [-0.05, 0) is 25.7 Å². The van der Waals surface area contributed by atoms with Gasteiger partial charge in [-0.2, -0.15) is 0 Å². The molecule has 91 heavy (non-hydrogen) atoms. The van der Waals surface area contributed by atoms with Crippen molar-refractivity contribution in [2.75, 3.05) is 13.2 Å². The molecule has 6 nitrogen and oxygen atoms in total. The zero-order valence-electron chi connectivity index (χ0n) is 62.6. The predicted molar refractivity (Wildman–Crippen MR) is 403 cm³/mol. The van der Waals surface area contributed by atoms with Gasteiger partial charge in [0.05, 0.1) is 25.4 Å². The van der Waals surface area contributed by atoms with Gasteiger partial charge in [0.25, 0.3) is 0 Å². The standard InChI is InChI=1S/C85H169NO5/c1-3-5-7-9-11-13-15-17-19-20-21-22-23-35-38-41-44-47-50-53-57-61-65-69-73-77-83(88)82(81-87)86-84(89)78-74-70-66-62-58-54-51-48-45-42-39-36-33-31-29-27-25-24-26-28-30-32-34-37-40-43-46-49-52-56-60-64-68-72-76-80-91-85(90)79-75-71-67-63-59-55-18-16-14-12-10-8-6-4-2/h82-83,87-88H,3-81H2,1-2H3,(H,86,89). The Morgan fingerprint density at radius 2 is 0.451 bits per heavy atom. The number of hydrogen-bond donors (Lipinski definition) is 3. The van der Waals surface area contributed by atoms with E-state index in [9.17, 15) is 19.8 Å². The van der Waals surface area contributed by atoms with E-state index in [4.69, 9.17) is 4.74 Å². The minimum Gasteiger partial charge on any atom is -0.466 e. The largest absolute Gasteiger partial charge is 0.466 e. The van der Waals surface area contributed by atoms with Gasteiger partial charge >= 0.3 is 5.97 Å². The molecule has 0 rings (SSSR count). The molecule has 0 heterocycles. The molecule has 544 valence electrons. The molecule has 0 aromatic heterocycles. The molecular weight excluding hydrogens is 1110 g/mol. The number of esters is 1. The van der Waals surface area contributed by atoms with Crippen LogP contribution < -0.4 is 5.32 Å². The van der Waals surface area contributed by atoms with Crippen molar-refractivity contribution in [3.05, 3.63) is 0 Å². The smallest absolute Gasteiger partial charge is 0.305 e. The summed E-state index contributed by atoms with van der Waals surface area (Å²) in [6, 6.07) is -0.538. The van der Waals surface area contributed by atoms with Crippen LogP contribution in [0.5, 0.6) is 0 Å². The molecule has 3 N–H and O–H groups in total. The summed E-state index contributed by atoms with van der Waals surface area (Å²) in [5.41, 5.74) is 0. The third kappa shape index (κ3) is 77.7. The summed E-state index contributed by atoms with van der Waals surface area (Å²) in [6.45, 7) is 5.03. The Morgan fingerprint density at radius 3 is 0.670 bits per heavy atom. The summed E-state index contributed by atoms with van der Waals surface area (Å²) in [6.07, 6.45) is 102. The number of unbranched alkanes of at least 4 members (excludes halogenated alkanes) is 71. The normalized spacial score (nSPS) is 12.4. The van der Waals surface area contributed by atoms with Crippen molar-refractivity contribution in [3.63, 3.8) is 0 Å². The minimum atomic E-state index is -0.661. The molecule has 0 radical (unpaired) electrons. The number of rotatable bonds is 82. The van der Waals surface area contributed by atoms with Crippen LogP contribution in [0.2, 0.25) is 0 Å². The number of carbonyl (C=O) groups excluding carboxylic acids is 2. The van der Waals surface area contributed by atoms with E-state index in [1.54, 1.807) is 0 Å². The molecule has 1 amide bonds. The molecule has 0 aliphatic heterocycles. The van der Waals surface area contributed by atoms with E-state index in [-0.39, 0.29) is 18.5 Å². The highest BCUT2D eigenvalue weighted by atomic mass is 16.5. The van der Waals surface area contributed by atoms with Crippen LogP contribution in [0.25, 0.3) is 0 Å². The highest BCUT2D eigenvalue weighted by molar-refractivity contribution is 5.76. The van der Waals surface area contributed by atoms with E-state index >= 15 is 0 Å². The fourth-order valence-corrected chi connectivity index (χ4v) is 14.2. The van der Waals surface area contributed by atoms with Gasteiger partial charge in [0, 0.05) is 12.8 Å². The predicted octanol–water partition coefficient (Wildman–Crippen LogP) is 28.4. The summed E-state index contributed by atoms with van der Waals surface area (Å²) in [4.78, 5) is 24.7. The summed E-state index contributed by atoms with van der Waals surface area (Å²) in [7, 11) is 0. The van der Waals surface area contributed by atoms with Crippen molar-refractivity contribution in [1.29, 1.82) is 0 Å². The lowest BCUT2D eigenvalue weighted by atomic mass is 10.0. The maximum absolute atomic E-state index is 12.6. The molecule has 6 heteroatoms. The number of carbonyl (C=O) groups is 2. The molecule has 0 aromatic rings. The molecular formula is C85H169NO5. The van der Waals surface area contributed by atoms with E-state index in [0.717, 1.165) is 38.5 Å². The van der Waals surface area contributed by atoms with E-state index < -0.39 is 12.1 Å². The van der Waals surface area contributed by atoms with Crippen LogP contribution in [-0.2, 0) is 14.3 Å². The molecule has 0 aliphatic rings. The Hall–Kier alpha value is -1.14. The van der Waals surface area contributed by atoms with Crippen molar-refractivity contribution in [1.82, 2.24) is 5.32 Å². The average molecular weight is 1290 g/mol. The van der Waals surface area contributed by atoms with Crippen LogP contribution in [0.4, 0.5) is 0 Å². The summed E-state index contributed by atoms with van der Waals surface area (Å²) >= 11 is 0. The Kier molecular flexibility index (Phi) is 80.3. The van der Waals surface area contributed by atoms with Crippen molar-refractivity contribution >= 4 is 11.9 Å². The quantitative estimate of drug-likeness (QED) is 0.0417. The Labute approximate surface area is 572 Å². The minimum absolute atomic E-state index is 0.0225. The van der Waals surface area contributed by atoms with Gasteiger partial charge in [-0.25, -0.2) is 0 Å². The van der Waals surface area contributed by atoms with Crippen LogP contribution in [0.1, 0.15) is 508 Å². The van der Waals surface area contributed by atoms with Crippen molar-refractivity contribution in [2.45, 2.75) is 520 Å². The molecule has 0 fully saturated rings. The van der Waals surface area contributed by atoms with Crippen LogP contribution in [-0.4, -0.2) is 47.4 Å². The van der Waals surface area contributed by atoms with Gasteiger partial charge in [0.2, 0.25) is 5.91 Å². The number of amides is 1. The van der Waals surface area contributed by atoms with Crippen molar-refractivity contribution in [2.24, 2.45) is 0 Å². The van der Waals surface area contributed by atoms with E-state index in [2.05, 4.69) is 19.2 Å². The van der Waals surface area contributed by atoms with Gasteiger partial charge < -0.3 is 20.3 Å². The van der Waals surface area contributed by atoms with E-state index in [0.29, 0.717) is 25.9 Å². The molecule has 0 aromatic carbocycles. The third-order valence-electron chi connectivity index (χ3n) is 20.7. The summed E-state index contributed by atoms with van der Waals surface area (Å²) in [5.74, 6) is 0.00401. The molecule has 0 bridgehead atoms. The second kappa shape index (κ2) is 81.3. The first-order valence-corrected chi connectivity index (χ1v) is 42.8. The van der Waals surface area contributed by atoms with Gasteiger partial charge in [-0.3, -0.25) is 9.59 Å². The second-order valence-electron chi connectivity index (χ2n) is 29.9. The van der Waals surface area contributed by atoms with Crippen LogP contribution in [0, 0.1) is 0 Å². The van der Waals surface area contributed by atoms with E-state index in [1.807, 2.05) is 0 Å². The maximum atomic E-state index is 12.6. The molecule has 2 atom stereocenters. The van der Waals surface area contributed by atoms with Crippen LogP contribution in [0.15, 0.2) is 0 Å². The Balaban J connectivity index is 3.31. The lowest BCUT2D eigenvalue weighted by molar-refractivity contribution is -0.143. The topological polar surface area (TPSA) is 95.9 Å². The third-order valence-corrected chi connectivity index (χ3v) is 20.7. The first kappa shape index (κ1) is 89.9. The van der Waals surface area contributed by atoms with E-state index in [1.165, 1.54) is 437 Å². The number of ether oxygens (including phenoxy) is 1. The lowest BCUT2D eigenvalue weighted by Crippen LogP contribution is -2.45. The van der Waals surface area contributed by atoms with Crippen LogP contribution in [0.3, 0.4) is 0 Å². The molecule has 0 spiro atoms. The van der Waals surface area contributed by atoms with Gasteiger partial charge in [-0.1, -0.05) is 470 Å². The monoisotopic (exact) mass is 1280 g/mol. The lowest BCUT2D eigenvalue weighted by Gasteiger charge is -2.22. The number of aliphatic hydroxyl groups is 2. The number of nitrogens with one attached hydrogen (secondary N) is 1. The average Bonchev–Trinajstić information content (AvgIpc) is 3.61.